The SMILES string of the molecule is CCO/N=C(\c1ccc(Br)cc1)C1CCN(C2(C)C(=C=O)C(C)N(N3CCCCC3)c3ccncc32)CC1. The lowest BCUT2D eigenvalue weighted by molar-refractivity contribution is 0.0810. The molecule has 3 aliphatic heterocycles. The molecule has 0 bridgehead atoms. The summed E-state index contributed by atoms with van der Waals surface area (Å²) >= 11 is 3.54. The minimum Gasteiger partial charge on any atom is -0.396 e. The molecule has 0 N–H and O–H groups in total. The Balaban J connectivity index is 1.44. The number of pyridine rings is 1. The molecule has 0 spiro atoms. The zero-order valence-corrected chi connectivity index (χ0v) is 24.3. The molecule has 2 saturated heterocycles. The second-order valence-electron chi connectivity index (χ2n) is 10.7. The highest BCUT2D eigenvalue weighted by Crippen LogP contribution is 2.48. The molecule has 1 aromatic heterocycles. The Morgan fingerprint density at radius 3 is 2.50 bits per heavy atom. The first-order chi connectivity index (χ1) is 18.5. The van der Waals surface area contributed by atoms with Crippen molar-refractivity contribution in [2.45, 2.75) is 64.5 Å². The van der Waals surface area contributed by atoms with E-state index in [-0.39, 0.29) is 12.0 Å². The van der Waals surface area contributed by atoms with Crippen molar-refractivity contribution in [1.29, 1.82) is 0 Å². The number of oxime groups is 1. The highest BCUT2D eigenvalue weighted by Gasteiger charge is 2.50. The van der Waals surface area contributed by atoms with Gasteiger partial charge in [-0.1, -0.05) is 39.6 Å². The Morgan fingerprint density at radius 2 is 1.84 bits per heavy atom. The van der Waals surface area contributed by atoms with Gasteiger partial charge in [0.05, 0.1) is 28.6 Å². The molecule has 0 radical (unpaired) electrons. The third-order valence-electron chi connectivity index (χ3n) is 8.57. The van der Waals surface area contributed by atoms with Crippen molar-refractivity contribution in [2.75, 3.05) is 37.8 Å². The highest BCUT2D eigenvalue weighted by molar-refractivity contribution is 9.10. The molecule has 0 saturated carbocycles. The number of anilines is 1. The molecule has 0 aliphatic carbocycles. The smallest absolute Gasteiger partial charge is 0.128 e. The predicted octanol–water partition coefficient (Wildman–Crippen LogP) is 5.58. The Bertz CT molecular complexity index is 1200. The molecule has 5 rings (SSSR count). The number of nitrogens with zero attached hydrogens (tertiary/aromatic N) is 5. The van der Waals surface area contributed by atoms with Gasteiger partial charge in [-0.15, -0.1) is 0 Å². The van der Waals surface area contributed by atoms with E-state index in [2.05, 4.69) is 91.1 Å². The summed E-state index contributed by atoms with van der Waals surface area (Å²) < 4.78 is 1.05. The van der Waals surface area contributed by atoms with Gasteiger partial charge in [-0.25, -0.2) is 9.80 Å². The van der Waals surface area contributed by atoms with Crippen molar-refractivity contribution >= 4 is 33.3 Å². The summed E-state index contributed by atoms with van der Waals surface area (Å²) in [6.07, 6.45) is 9.33. The van der Waals surface area contributed by atoms with Crippen molar-refractivity contribution < 1.29 is 9.63 Å². The van der Waals surface area contributed by atoms with E-state index in [1.54, 1.807) is 0 Å². The Labute approximate surface area is 234 Å². The minimum atomic E-state index is -0.559. The molecule has 2 fully saturated rings. The van der Waals surface area contributed by atoms with Crippen molar-refractivity contribution in [3.8, 4) is 0 Å². The molecular formula is C30H38BrN5O2. The fraction of sp³-hybridized carbons (Fsp3) is 0.533. The van der Waals surface area contributed by atoms with Crippen LogP contribution in [0, 0.1) is 5.92 Å². The molecule has 2 aromatic rings. The van der Waals surface area contributed by atoms with Crippen molar-refractivity contribution in [3.05, 3.63) is 63.9 Å². The largest absolute Gasteiger partial charge is 0.396 e. The number of aromatic nitrogens is 1. The summed E-state index contributed by atoms with van der Waals surface area (Å²) in [5.74, 6) is 2.71. The summed E-state index contributed by atoms with van der Waals surface area (Å²) in [5, 5.41) is 9.31. The third kappa shape index (κ3) is 4.95. The summed E-state index contributed by atoms with van der Waals surface area (Å²) in [6, 6.07) is 10.4. The van der Waals surface area contributed by atoms with E-state index in [0.29, 0.717) is 6.61 Å². The van der Waals surface area contributed by atoms with Gasteiger partial charge < -0.3 is 4.84 Å². The number of fused-ring (bicyclic) bond motifs is 1. The van der Waals surface area contributed by atoms with Crippen LogP contribution >= 0.6 is 15.9 Å². The number of piperidine rings is 2. The topological polar surface area (TPSA) is 61.3 Å². The van der Waals surface area contributed by atoms with Gasteiger partial charge in [0, 0.05) is 41.4 Å². The fourth-order valence-corrected chi connectivity index (χ4v) is 6.84. The number of carbonyl (C=O) groups excluding carboxylic acids is 1. The van der Waals surface area contributed by atoms with Crippen molar-refractivity contribution in [3.63, 3.8) is 0 Å². The van der Waals surface area contributed by atoms with Gasteiger partial charge >= 0.3 is 0 Å². The van der Waals surface area contributed by atoms with Gasteiger partial charge in [-0.05, 0) is 83.3 Å². The van der Waals surface area contributed by atoms with E-state index in [0.717, 1.165) is 71.6 Å². The van der Waals surface area contributed by atoms with Crippen LogP contribution in [0.4, 0.5) is 5.69 Å². The lowest BCUT2D eigenvalue weighted by atomic mass is 9.75. The molecular weight excluding hydrogens is 542 g/mol. The van der Waals surface area contributed by atoms with Crippen LogP contribution < -0.4 is 5.01 Å². The lowest BCUT2D eigenvalue weighted by Crippen LogP contribution is -2.61. The number of halogens is 1. The van der Waals surface area contributed by atoms with Crippen LogP contribution in [0.5, 0.6) is 0 Å². The second-order valence-corrected chi connectivity index (χ2v) is 11.6. The predicted molar refractivity (Wildman–Crippen MR) is 155 cm³/mol. The van der Waals surface area contributed by atoms with Crippen LogP contribution in [0.3, 0.4) is 0 Å². The molecule has 0 amide bonds. The molecule has 1 aromatic carbocycles. The maximum atomic E-state index is 12.7. The van der Waals surface area contributed by atoms with E-state index in [1.165, 1.54) is 19.3 Å². The van der Waals surface area contributed by atoms with Gasteiger partial charge in [-0.2, -0.15) is 0 Å². The monoisotopic (exact) mass is 579 g/mol. The maximum Gasteiger partial charge on any atom is 0.128 e. The van der Waals surface area contributed by atoms with Crippen LogP contribution in [0.15, 0.2) is 57.9 Å². The summed E-state index contributed by atoms with van der Waals surface area (Å²) in [4.78, 5) is 25.2. The third-order valence-corrected chi connectivity index (χ3v) is 9.10. The van der Waals surface area contributed by atoms with Gasteiger partial charge in [0.1, 0.15) is 12.5 Å². The number of likely N-dealkylation sites (tertiary alicyclic amines) is 1. The summed E-state index contributed by atoms with van der Waals surface area (Å²) in [5.41, 5.74) is 4.58. The number of hydrogen-bond donors (Lipinski definition) is 0. The molecule has 38 heavy (non-hydrogen) atoms. The zero-order chi connectivity index (χ0) is 26.7. The first kappa shape index (κ1) is 27.1. The molecule has 4 heterocycles. The Kier molecular flexibility index (Phi) is 8.34. The minimum absolute atomic E-state index is 0.0685. The summed E-state index contributed by atoms with van der Waals surface area (Å²) in [7, 11) is 0. The van der Waals surface area contributed by atoms with Crippen LogP contribution in [0.2, 0.25) is 0 Å². The second kappa shape index (κ2) is 11.7. The van der Waals surface area contributed by atoms with Crippen LogP contribution in [0.25, 0.3) is 0 Å². The molecule has 2 unspecified atom stereocenters. The Hall–Kier alpha value is -2.51. The van der Waals surface area contributed by atoms with Crippen molar-refractivity contribution in [1.82, 2.24) is 14.9 Å². The van der Waals surface area contributed by atoms with Crippen LogP contribution in [0.1, 0.15) is 64.0 Å². The fourth-order valence-electron chi connectivity index (χ4n) is 6.58. The number of rotatable bonds is 6. The molecule has 7 nitrogen and oxygen atoms in total. The molecule has 3 aliphatic rings. The average molecular weight is 581 g/mol. The van der Waals surface area contributed by atoms with Crippen LogP contribution in [-0.4, -0.2) is 65.4 Å². The van der Waals surface area contributed by atoms with Gasteiger partial charge in [0.15, 0.2) is 0 Å². The quantitative estimate of drug-likeness (QED) is 0.253. The van der Waals surface area contributed by atoms with Crippen molar-refractivity contribution in [2.24, 2.45) is 11.1 Å². The first-order valence-corrected chi connectivity index (χ1v) is 14.7. The van der Waals surface area contributed by atoms with Gasteiger partial charge in [-0.3, -0.25) is 14.9 Å². The molecule has 8 heteroatoms. The number of hydrazine groups is 1. The van der Waals surface area contributed by atoms with Gasteiger partial charge in [0.2, 0.25) is 0 Å². The first-order valence-electron chi connectivity index (χ1n) is 13.9. The number of benzene rings is 1. The van der Waals surface area contributed by atoms with E-state index in [1.807, 2.05) is 19.3 Å². The lowest BCUT2D eigenvalue weighted by Gasteiger charge is -2.55. The average Bonchev–Trinajstić information content (AvgIpc) is 2.95. The van der Waals surface area contributed by atoms with Crippen LogP contribution in [-0.2, 0) is 15.2 Å². The van der Waals surface area contributed by atoms with E-state index < -0.39 is 5.54 Å². The van der Waals surface area contributed by atoms with E-state index in [9.17, 15) is 4.79 Å². The van der Waals surface area contributed by atoms with Gasteiger partial charge in [0.25, 0.3) is 0 Å². The zero-order valence-electron chi connectivity index (χ0n) is 22.7. The van der Waals surface area contributed by atoms with E-state index >= 15 is 0 Å². The molecule has 2 atom stereocenters. The Morgan fingerprint density at radius 1 is 1.13 bits per heavy atom. The summed E-state index contributed by atoms with van der Waals surface area (Å²) in [6.45, 7) is 10.6. The molecule has 202 valence electrons. The highest BCUT2D eigenvalue weighted by atomic mass is 79.9. The van der Waals surface area contributed by atoms with E-state index in [4.69, 9.17) is 4.84 Å². The number of hydrogen-bond acceptors (Lipinski definition) is 7. The standard InChI is InChI=1S/C30H38BrN5O2/c1-4-38-33-29(23-8-10-25(31)11-9-23)24-13-18-34(19-14-24)30(3)26-20-32-15-12-28(26)36(22(2)27(30)21-37)35-16-6-5-7-17-35/h8-12,15,20,22,24H,4-7,13-14,16-19H2,1-3H3/b33-29+. The normalized spacial score (nSPS) is 25.7. The maximum absolute atomic E-state index is 12.7.